The van der Waals surface area contributed by atoms with Crippen molar-refractivity contribution in [2.24, 2.45) is 0 Å². The smallest absolute Gasteiger partial charge is 0.227 e. The quantitative estimate of drug-likeness (QED) is 0.649. The Bertz CT molecular complexity index is 809. The fourth-order valence-corrected chi connectivity index (χ4v) is 4.29. The summed E-state index contributed by atoms with van der Waals surface area (Å²) in [5, 5.41) is 6.87. The number of ether oxygens (including phenoxy) is 2. The number of carbonyl (C=O) groups is 1. The minimum Gasteiger partial charge on any atom is -0.493 e. The zero-order valence-electron chi connectivity index (χ0n) is 18.3. The monoisotopic (exact) mass is 410 g/mol. The average molecular weight is 411 g/mol. The van der Waals surface area contributed by atoms with E-state index in [1.54, 1.807) is 14.2 Å². The highest BCUT2D eigenvalue weighted by atomic mass is 16.5. The third-order valence-electron chi connectivity index (χ3n) is 6.01. The molecule has 3 unspecified atom stereocenters. The zero-order valence-corrected chi connectivity index (χ0v) is 18.3. The lowest BCUT2D eigenvalue weighted by molar-refractivity contribution is -0.123. The minimum atomic E-state index is -0.198. The predicted octanol–water partition coefficient (Wildman–Crippen LogP) is 4.24. The van der Waals surface area contributed by atoms with Crippen molar-refractivity contribution < 1.29 is 14.3 Å². The fourth-order valence-electron chi connectivity index (χ4n) is 4.29. The molecular weight excluding hydrogens is 376 g/mol. The molecule has 2 aromatic rings. The van der Waals surface area contributed by atoms with E-state index in [1.165, 1.54) is 5.56 Å². The molecule has 3 atom stereocenters. The van der Waals surface area contributed by atoms with Gasteiger partial charge in [-0.05, 0) is 42.6 Å². The van der Waals surface area contributed by atoms with E-state index in [0.717, 1.165) is 44.3 Å². The van der Waals surface area contributed by atoms with Crippen LogP contribution in [-0.4, -0.2) is 39.3 Å². The van der Waals surface area contributed by atoms with E-state index in [-0.39, 0.29) is 23.8 Å². The van der Waals surface area contributed by atoms with Crippen molar-refractivity contribution in [3.05, 3.63) is 59.7 Å². The van der Waals surface area contributed by atoms with Crippen molar-refractivity contribution in [1.82, 2.24) is 10.6 Å². The maximum absolute atomic E-state index is 13.4. The summed E-state index contributed by atoms with van der Waals surface area (Å²) in [4.78, 5) is 13.4. The first-order valence-corrected chi connectivity index (χ1v) is 11.0. The highest BCUT2D eigenvalue weighted by Crippen LogP contribution is 2.33. The molecule has 1 amide bonds. The summed E-state index contributed by atoms with van der Waals surface area (Å²) in [5.74, 6) is 1.52. The van der Waals surface area contributed by atoms with Crippen molar-refractivity contribution >= 4 is 5.91 Å². The van der Waals surface area contributed by atoms with Crippen LogP contribution in [0.3, 0.4) is 0 Å². The Morgan fingerprint density at radius 1 is 1.13 bits per heavy atom. The SMILES string of the molecule is CCCCC(C(=O)NC1CCNCC1c1ccccc1)c1ccc(OC)c(OC)c1. The second-order valence-corrected chi connectivity index (χ2v) is 7.93. The summed E-state index contributed by atoms with van der Waals surface area (Å²) in [6, 6.07) is 16.4. The second-order valence-electron chi connectivity index (χ2n) is 7.93. The van der Waals surface area contributed by atoms with Gasteiger partial charge in [0.1, 0.15) is 0 Å². The number of unbranched alkanes of at least 4 members (excludes halogenated alkanes) is 1. The van der Waals surface area contributed by atoms with E-state index in [1.807, 2.05) is 24.3 Å². The van der Waals surface area contributed by atoms with Gasteiger partial charge in [-0.3, -0.25) is 4.79 Å². The van der Waals surface area contributed by atoms with Gasteiger partial charge < -0.3 is 20.1 Å². The number of amides is 1. The van der Waals surface area contributed by atoms with Crippen LogP contribution in [0.1, 0.15) is 55.6 Å². The van der Waals surface area contributed by atoms with Crippen LogP contribution in [0.2, 0.25) is 0 Å². The molecule has 1 aliphatic heterocycles. The normalized spacial score (nSPS) is 19.7. The lowest BCUT2D eigenvalue weighted by Crippen LogP contribution is -2.49. The molecule has 0 bridgehead atoms. The molecule has 1 saturated heterocycles. The first-order valence-electron chi connectivity index (χ1n) is 11.0. The van der Waals surface area contributed by atoms with Crippen molar-refractivity contribution in [3.63, 3.8) is 0 Å². The van der Waals surface area contributed by atoms with Gasteiger partial charge in [0.15, 0.2) is 11.5 Å². The van der Waals surface area contributed by atoms with Gasteiger partial charge in [0.05, 0.1) is 20.1 Å². The van der Waals surface area contributed by atoms with E-state index < -0.39 is 0 Å². The van der Waals surface area contributed by atoms with Crippen molar-refractivity contribution in [3.8, 4) is 11.5 Å². The molecule has 0 aromatic heterocycles. The summed E-state index contributed by atoms with van der Waals surface area (Å²) < 4.78 is 10.8. The zero-order chi connectivity index (χ0) is 21.3. The topological polar surface area (TPSA) is 59.6 Å². The van der Waals surface area contributed by atoms with E-state index in [0.29, 0.717) is 11.5 Å². The Morgan fingerprint density at radius 3 is 2.60 bits per heavy atom. The van der Waals surface area contributed by atoms with Crippen LogP contribution >= 0.6 is 0 Å². The standard InChI is InChI=1S/C25H34N2O3/c1-4-5-11-20(19-12-13-23(29-2)24(16-19)30-3)25(28)27-22-14-15-26-17-21(22)18-9-7-6-8-10-18/h6-10,12-13,16,20-22,26H,4-5,11,14-15,17H2,1-3H3,(H,27,28). The van der Waals surface area contributed by atoms with Gasteiger partial charge in [-0.2, -0.15) is 0 Å². The lowest BCUT2D eigenvalue weighted by Gasteiger charge is -2.34. The molecule has 5 heteroatoms. The molecule has 0 spiro atoms. The van der Waals surface area contributed by atoms with Crippen LogP contribution in [0.5, 0.6) is 11.5 Å². The first kappa shape index (κ1) is 22.2. The average Bonchev–Trinajstić information content (AvgIpc) is 2.80. The Hall–Kier alpha value is -2.53. The molecule has 1 fully saturated rings. The van der Waals surface area contributed by atoms with Crippen molar-refractivity contribution in [1.29, 1.82) is 0 Å². The van der Waals surface area contributed by atoms with Crippen LogP contribution in [0.25, 0.3) is 0 Å². The minimum absolute atomic E-state index is 0.100. The number of rotatable bonds is 9. The summed E-state index contributed by atoms with van der Waals surface area (Å²) in [5.41, 5.74) is 2.25. The third kappa shape index (κ3) is 5.33. The van der Waals surface area contributed by atoms with E-state index in [9.17, 15) is 4.79 Å². The second kappa shape index (κ2) is 11.0. The Labute approximate surface area is 180 Å². The van der Waals surface area contributed by atoms with Gasteiger partial charge in [-0.15, -0.1) is 0 Å². The van der Waals surface area contributed by atoms with E-state index in [2.05, 4.69) is 41.8 Å². The number of hydrogen-bond acceptors (Lipinski definition) is 4. The number of benzene rings is 2. The van der Waals surface area contributed by atoms with Crippen LogP contribution in [0, 0.1) is 0 Å². The number of piperidine rings is 1. The molecule has 162 valence electrons. The lowest BCUT2D eigenvalue weighted by atomic mass is 9.85. The fraction of sp³-hybridized carbons (Fsp3) is 0.480. The predicted molar refractivity (Wildman–Crippen MR) is 120 cm³/mol. The molecule has 0 aliphatic carbocycles. The van der Waals surface area contributed by atoms with Gasteiger partial charge in [0.2, 0.25) is 5.91 Å². The molecule has 5 nitrogen and oxygen atoms in total. The highest BCUT2D eigenvalue weighted by Gasteiger charge is 2.30. The molecule has 3 rings (SSSR count). The summed E-state index contributed by atoms with van der Waals surface area (Å²) in [7, 11) is 3.25. The van der Waals surface area contributed by atoms with E-state index in [4.69, 9.17) is 9.47 Å². The molecule has 1 aliphatic rings. The maximum atomic E-state index is 13.4. The molecule has 0 radical (unpaired) electrons. The molecule has 0 saturated carbocycles. The van der Waals surface area contributed by atoms with Gasteiger partial charge >= 0.3 is 0 Å². The van der Waals surface area contributed by atoms with Crippen LogP contribution in [0.15, 0.2) is 48.5 Å². The van der Waals surface area contributed by atoms with Gasteiger partial charge in [-0.25, -0.2) is 0 Å². The summed E-state index contributed by atoms with van der Waals surface area (Å²) in [6.45, 7) is 3.96. The number of nitrogens with one attached hydrogen (secondary N) is 2. The molecule has 2 N–H and O–H groups in total. The van der Waals surface area contributed by atoms with E-state index >= 15 is 0 Å². The third-order valence-corrected chi connectivity index (χ3v) is 6.01. The van der Waals surface area contributed by atoms with Crippen LogP contribution < -0.4 is 20.1 Å². The number of hydrogen-bond donors (Lipinski definition) is 2. The Kier molecular flexibility index (Phi) is 8.14. The number of methoxy groups -OCH3 is 2. The molecule has 2 aromatic carbocycles. The first-order chi connectivity index (χ1) is 14.7. The number of carbonyl (C=O) groups excluding carboxylic acids is 1. The van der Waals surface area contributed by atoms with Crippen molar-refractivity contribution in [2.45, 2.75) is 50.5 Å². The molecular formula is C25H34N2O3. The van der Waals surface area contributed by atoms with Gasteiger partial charge in [0.25, 0.3) is 0 Å². The Balaban J connectivity index is 1.81. The van der Waals surface area contributed by atoms with Gasteiger partial charge in [0, 0.05) is 18.5 Å². The van der Waals surface area contributed by atoms with Gasteiger partial charge in [-0.1, -0.05) is 56.2 Å². The van der Waals surface area contributed by atoms with Crippen molar-refractivity contribution in [2.75, 3.05) is 27.3 Å². The maximum Gasteiger partial charge on any atom is 0.227 e. The molecule has 1 heterocycles. The Morgan fingerprint density at radius 2 is 1.90 bits per heavy atom. The van der Waals surface area contributed by atoms with Crippen LogP contribution in [0.4, 0.5) is 0 Å². The van der Waals surface area contributed by atoms with Crippen LogP contribution in [-0.2, 0) is 4.79 Å². The molecule has 30 heavy (non-hydrogen) atoms. The summed E-state index contributed by atoms with van der Waals surface area (Å²) >= 11 is 0. The highest BCUT2D eigenvalue weighted by molar-refractivity contribution is 5.84. The largest absolute Gasteiger partial charge is 0.493 e. The summed E-state index contributed by atoms with van der Waals surface area (Å²) in [6.07, 6.45) is 3.80.